The van der Waals surface area contributed by atoms with Gasteiger partial charge in [0.2, 0.25) is 0 Å². The highest BCUT2D eigenvalue weighted by atomic mass is 35.5. The number of ether oxygens (including phenoxy) is 1. The molecule has 2 saturated heterocycles. The van der Waals surface area contributed by atoms with E-state index in [0.29, 0.717) is 43.5 Å². The van der Waals surface area contributed by atoms with Crippen LogP contribution < -0.4 is 5.32 Å². The summed E-state index contributed by atoms with van der Waals surface area (Å²) >= 11 is 6.08. The maximum absolute atomic E-state index is 13.3. The van der Waals surface area contributed by atoms with Crippen molar-refractivity contribution >= 4 is 41.2 Å². The molecule has 2 aromatic carbocycles. The maximum atomic E-state index is 13.3. The summed E-state index contributed by atoms with van der Waals surface area (Å²) in [6.45, 7) is 7.65. The number of carbonyl (C=O) groups excluding carboxylic acids is 3. The highest BCUT2D eigenvalue weighted by Crippen LogP contribution is 2.30. The molecule has 1 atom stereocenters. The van der Waals surface area contributed by atoms with Gasteiger partial charge >= 0.3 is 12.1 Å². The van der Waals surface area contributed by atoms with Crippen LogP contribution in [0.25, 0.3) is 0 Å². The molecule has 11 heteroatoms. The van der Waals surface area contributed by atoms with E-state index in [1.165, 1.54) is 12.1 Å². The molecular weight excluding hydrogens is 594 g/mol. The van der Waals surface area contributed by atoms with Crippen molar-refractivity contribution in [1.29, 1.82) is 0 Å². The van der Waals surface area contributed by atoms with Crippen LogP contribution in [-0.4, -0.2) is 88.6 Å². The van der Waals surface area contributed by atoms with Crippen molar-refractivity contribution in [3.05, 3.63) is 70.5 Å². The molecular formula is C34H40ClN5O5. The number of phenols is 1. The molecule has 5 rings (SSSR count). The Hall–Kier alpha value is -4.23. The number of aliphatic imine (C=N–C) groups is 1. The van der Waals surface area contributed by atoms with E-state index in [1.54, 1.807) is 17.2 Å². The van der Waals surface area contributed by atoms with E-state index in [4.69, 9.17) is 16.3 Å². The standard InChI is InChI=1S/C34H40ClN5O5/c1-34(2)13-20-38(21-14-34)16-5-15-36-31(42)30(23-24-8-9-29(41)27(35)22-24)45-33(44)39-17-11-26(12-18-39)40-19-10-25-6-3-4-7-28(25)37-32(40)43/h3-4,6-9,16,22,26,30,41H,10-14,17-21,23H2,1-2H3,(H,37,43)/t30-/m1/s1. The zero-order valence-electron chi connectivity index (χ0n) is 25.8. The van der Waals surface area contributed by atoms with Crippen LogP contribution in [0.15, 0.2) is 59.4 Å². The molecule has 3 aliphatic heterocycles. The van der Waals surface area contributed by atoms with Gasteiger partial charge in [0, 0.05) is 56.7 Å². The first-order valence-corrected chi connectivity index (χ1v) is 15.9. The predicted octanol–water partition coefficient (Wildman–Crippen LogP) is 5.64. The fourth-order valence-electron chi connectivity index (χ4n) is 5.90. The van der Waals surface area contributed by atoms with Crippen molar-refractivity contribution in [1.82, 2.24) is 14.7 Å². The lowest BCUT2D eigenvalue weighted by atomic mass is 9.83. The largest absolute Gasteiger partial charge is 0.506 e. The van der Waals surface area contributed by atoms with E-state index in [2.05, 4.69) is 40.7 Å². The van der Waals surface area contributed by atoms with Crippen LogP contribution in [0.4, 0.5) is 15.3 Å². The minimum Gasteiger partial charge on any atom is -0.506 e. The lowest BCUT2D eigenvalue weighted by Crippen LogP contribution is -2.50. The van der Waals surface area contributed by atoms with E-state index >= 15 is 0 Å². The average molecular weight is 634 g/mol. The number of halogens is 1. The summed E-state index contributed by atoms with van der Waals surface area (Å²) < 4.78 is 5.72. The molecule has 2 fully saturated rings. The van der Waals surface area contributed by atoms with Gasteiger partial charge in [0.1, 0.15) is 5.75 Å². The predicted molar refractivity (Wildman–Crippen MR) is 173 cm³/mol. The molecule has 0 unspecified atom stereocenters. The number of hydrogen-bond donors (Lipinski definition) is 2. The Labute approximate surface area is 269 Å². The third kappa shape index (κ3) is 8.49. The number of phenolic OH excluding ortho intramolecular Hbond substituents is 1. The van der Waals surface area contributed by atoms with Gasteiger partial charge in [-0.1, -0.05) is 49.7 Å². The Morgan fingerprint density at radius 2 is 1.87 bits per heavy atom. The summed E-state index contributed by atoms with van der Waals surface area (Å²) in [7, 11) is 0. The van der Waals surface area contributed by atoms with E-state index in [0.717, 1.165) is 43.6 Å². The molecule has 2 N–H and O–H groups in total. The molecule has 0 spiro atoms. The summed E-state index contributed by atoms with van der Waals surface area (Å²) in [5.74, 6) is 1.80. The lowest BCUT2D eigenvalue weighted by molar-refractivity contribution is -0.126. The molecule has 2 aromatic rings. The number of hydrogen-bond acceptors (Lipinski definition) is 6. The Balaban J connectivity index is 1.21. The number of anilines is 1. The Morgan fingerprint density at radius 1 is 1.13 bits per heavy atom. The maximum Gasteiger partial charge on any atom is 0.410 e. The summed E-state index contributed by atoms with van der Waals surface area (Å²) in [5, 5.41) is 12.9. The molecule has 0 aliphatic carbocycles. The van der Waals surface area contributed by atoms with Gasteiger partial charge in [-0.3, -0.25) is 4.79 Å². The van der Waals surface area contributed by atoms with Gasteiger partial charge in [-0.2, -0.15) is 4.99 Å². The number of likely N-dealkylation sites (tertiary alicyclic amines) is 2. The van der Waals surface area contributed by atoms with Gasteiger partial charge in [-0.25, -0.2) is 9.59 Å². The lowest BCUT2D eigenvalue weighted by Gasteiger charge is -2.37. The highest BCUT2D eigenvalue weighted by Gasteiger charge is 2.33. The zero-order valence-corrected chi connectivity index (χ0v) is 26.6. The summed E-state index contributed by atoms with van der Waals surface area (Å²) in [5.41, 5.74) is 5.68. The minimum atomic E-state index is -1.23. The third-order valence-electron chi connectivity index (χ3n) is 8.89. The normalized spacial score (nSPS) is 18.8. The van der Waals surface area contributed by atoms with Gasteiger partial charge in [-0.05, 0) is 72.6 Å². The van der Waals surface area contributed by atoms with Crippen LogP contribution in [0.5, 0.6) is 5.75 Å². The van der Waals surface area contributed by atoms with Gasteiger partial charge in [0.05, 0.1) is 11.2 Å². The number of aromatic hydroxyl groups is 1. The van der Waals surface area contributed by atoms with Gasteiger partial charge in [0.25, 0.3) is 5.91 Å². The number of carbonyl (C=O) groups is 3. The van der Waals surface area contributed by atoms with Crippen LogP contribution in [0.3, 0.4) is 0 Å². The quantitative estimate of drug-likeness (QED) is 0.315. The number of rotatable bonds is 6. The summed E-state index contributed by atoms with van der Waals surface area (Å²) in [6, 6.07) is 12.2. The molecule has 3 aliphatic rings. The number of nitrogens with zero attached hydrogens (tertiary/aromatic N) is 4. The minimum absolute atomic E-state index is 0.0195. The van der Waals surface area contributed by atoms with E-state index in [1.807, 2.05) is 29.2 Å². The van der Waals surface area contributed by atoms with Crippen LogP contribution in [0.2, 0.25) is 5.02 Å². The molecule has 238 valence electrons. The number of piperidine rings is 2. The first-order chi connectivity index (χ1) is 21.6. The van der Waals surface area contributed by atoms with Gasteiger partial charge in [-0.15, -0.1) is 0 Å². The SMILES string of the molecule is CC1(C)CCN(C=C=C=NC(=O)[C@@H](Cc2ccc(O)c(Cl)c2)OC(=O)N2CCC(N3CCc4ccccc4NC3=O)CC2)CC1. The first kappa shape index (κ1) is 32.2. The second-order valence-corrected chi connectivity index (χ2v) is 13.1. The third-order valence-corrected chi connectivity index (χ3v) is 9.19. The smallest absolute Gasteiger partial charge is 0.410 e. The van der Waals surface area contributed by atoms with Crippen molar-refractivity contribution in [2.45, 2.75) is 64.5 Å². The van der Waals surface area contributed by atoms with Crippen molar-refractivity contribution < 1.29 is 24.2 Å². The first-order valence-electron chi connectivity index (χ1n) is 15.5. The summed E-state index contributed by atoms with van der Waals surface area (Å²) in [4.78, 5) is 48.8. The van der Waals surface area contributed by atoms with Crippen LogP contribution >= 0.6 is 11.6 Å². The molecule has 3 heterocycles. The van der Waals surface area contributed by atoms with E-state index in [9.17, 15) is 19.5 Å². The topological polar surface area (TPSA) is 115 Å². The fraction of sp³-hybridized carbons (Fsp3) is 0.471. The Bertz CT molecular complexity index is 1510. The average Bonchev–Trinajstić information content (AvgIpc) is 3.19. The van der Waals surface area contributed by atoms with Crippen LogP contribution in [0.1, 0.15) is 50.7 Å². The van der Waals surface area contributed by atoms with E-state index < -0.39 is 18.1 Å². The van der Waals surface area contributed by atoms with Crippen LogP contribution in [-0.2, 0) is 22.4 Å². The molecule has 45 heavy (non-hydrogen) atoms. The highest BCUT2D eigenvalue weighted by molar-refractivity contribution is 6.32. The number of para-hydroxylation sites is 1. The van der Waals surface area contributed by atoms with E-state index in [-0.39, 0.29) is 29.3 Å². The number of benzene rings is 2. The monoisotopic (exact) mass is 633 g/mol. The second kappa shape index (κ2) is 14.2. The van der Waals surface area contributed by atoms with Crippen molar-refractivity contribution in [3.63, 3.8) is 0 Å². The molecule has 0 aromatic heterocycles. The number of amides is 4. The molecule has 0 radical (unpaired) electrons. The molecule has 0 bridgehead atoms. The Morgan fingerprint density at radius 3 is 2.60 bits per heavy atom. The summed E-state index contributed by atoms with van der Waals surface area (Å²) in [6.07, 6.45) is 3.96. The van der Waals surface area contributed by atoms with Crippen molar-refractivity contribution in [2.24, 2.45) is 10.4 Å². The number of fused-ring (bicyclic) bond motifs is 1. The van der Waals surface area contributed by atoms with Crippen molar-refractivity contribution in [3.8, 4) is 5.75 Å². The fourth-order valence-corrected chi connectivity index (χ4v) is 6.11. The molecule has 4 amide bonds. The molecule has 10 nitrogen and oxygen atoms in total. The van der Waals surface area contributed by atoms with Gasteiger partial charge < -0.3 is 29.9 Å². The van der Waals surface area contributed by atoms with Crippen LogP contribution in [0, 0.1) is 5.41 Å². The van der Waals surface area contributed by atoms with Gasteiger partial charge in [0.15, 0.2) is 6.10 Å². The number of urea groups is 1. The number of nitrogens with one attached hydrogen (secondary N) is 1. The second-order valence-electron chi connectivity index (χ2n) is 12.6. The molecule has 0 saturated carbocycles. The van der Waals surface area contributed by atoms with Crippen molar-refractivity contribution in [2.75, 3.05) is 38.0 Å². The Kier molecular flexibility index (Phi) is 10.2. The zero-order chi connectivity index (χ0) is 32.0.